The van der Waals surface area contributed by atoms with Gasteiger partial charge in [0.15, 0.2) is 5.75 Å². The second-order valence-electron chi connectivity index (χ2n) is 4.46. The maximum Gasteiger partial charge on any atom is 0.333 e. The first-order valence-corrected chi connectivity index (χ1v) is 6.41. The molecule has 0 aromatic heterocycles. The molecule has 1 aromatic rings. The number of rotatable bonds is 5. The van der Waals surface area contributed by atoms with Gasteiger partial charge in [0.1, 0.15) is 5.69 Å². The van der Waals surface area contributed by atoms with Crippen molar-refractivity contribution in [3.8, 4) is 5.75 Å². The van der Waals surface area contributed by atoms with Gasteiger partial charge >= 0.3 is 5.69 Å². The fourth-order valence-corrected chi connectivity index (χ4v) is 2.22. The molecule has 6 heteroatoms. The number of nitrogens with zero attached hydrogens (tertiary/aromatic N) is 1. The number of hydrogen-bond donors (Lipinski definition) is 1. The van der Waals surface area contributed by atoms with Crippen molar-refractivity contribution in [1.29, 1.82) is 0 Å². The van der Waals surface area contributed by atoms with Crippen LogP contribution in [0.3, 0.4) is 0 Å². The lowest BCUT2D eigenvalue weighted by Gasteiger charge is -2.18. The number of benzene rings is 1. The minimum Gasteiger partial charge on any atom is -0.487 e. The monoisotopic (exact) mass is 266 g/mol. The Kier molecular flexibility index (Phi) is 4.21. The quantitative estimate of drug-likeness (QED) is 0.655. The maximum atomic E-state index is 11.2. The first-order chi connectivity index (χ1) is 9.13. The molecule has 19 heavy (non-hydrogen) atoms. The van der Waals surface area contributed by atoms with Gasteiger partial charge in [0.25, 0.3) is 0 Å². The van der Waals surface area contributed by atoms with Crippen molar-refractivity contribution in [2.24, 2.45) is 0 Å². The average molecular weight is 266 g/mol. The first kappa shape index (κ1) is 13.6. The second-order valence-corrected chi connectivity index (χ2v) is 4.46. The Morgan fingerprint density at radius 2 is 2.37 bits per heavy atom. The highest BCUT2D eigenvalue weighted by Gasteiger charge is 2.28. The topological polar surface area (TPSA) is 73.6 Å². The van der Waals surface area contributed by atoms with Crippen molar-refractivity contribution >= 4 is 11.4 Å². The lowest BCUT2D eigenvalue weighted by molar-refractivity contribution is -0.385. The minimum atomic E-state index is -0.409. The highest BCUT2D eigenvalue weighted by molar-refractivity contribution is 5.68. The fourth-order valence-electron chi connectivity index (χ4n) is 2.22. The Labute approximate surface area is 111 Å². The third kappa shape index (κ3) is 2.96. The molecule has 1 aliphatic rings. The van der Waals surface area contributed by atoms with Gasteiger partial charge < -0.3 is 14.8 Å². The standard InChI is InChI=1S/C13H18N2O4/c1-3-18-12-6-4-5-11(13(12)15(16)17)14-10-7-8-19-9(10)2/h4-6,9-10,14H,3,7-8H2,1-2H3. The van der Waals surface area contributed by atoms with Crippen molar-refractivity contribution in [3.63, 3.8) is 0 Å². The molecule has 2 atom stereocenters. The van der Waals surface area contributed by atoms with Crippen LogP contribution < -0.4 is 10.1 Å². The zero-order valence-electron chi connectivity index (χ0n) is 11.1. The number of hydrogen-bond acceptors (Lipinski definition) is 5. The van der Waals surface area contributed by atoms with Crippen molar-refractivity contribution in [3.05, 3.63) is 28.3 Å². The summed E-state index contributed by atoms with van der Waals surface area (Å²) in [6.45, 7) is 4.84. The Hall–Kier alpha value is -1.82. The van der Waals surface area contributed by atoms with Crippen LogP contribution in [-0.4, -0.2) is 30.3 Å². The van der Waals surface area contributed by atoms with Crippen LogP contribution in [0.25, 0.3) is 0 Å². The minimum absolute atomic E-state index is 0.0107. The molecule has 1 fully saturated rings. The molecule has 1 aromatic carbocycles. The lowest BCUT2D eigenvalue weighted by atomic mass is 10.1. The van der Waals surface area contributed by atoms with Crippen molar-refractivity contribution in [2.45, 2.75) is 32.4 Å². The summed E-state index contributed by atoms with van der Waals surface area (Å²) >= 11 is 0. The average Bonchev–Trinajstić information content (AvgIpc) is 2.75. The normalized spacial score (nSPS) is 22.2. The summed E-state index contributed by atoms with van der Waals surface area (Å²) in [5, 5.41) is 14.4. The van der Waals surface area contributed by atoms with Crippen LogP contribution in [0.4, 0.5) is 11.4 Å². The van der Waals surface area contributed by atoms with E-state index < -0.39 is 4.92 Å². The lowest BCUT2D eigenvalue weighted by Crippen LogP contribution is -2.27. The maximum absolute atomic E-state index is 11.2. The molecule has 1 aliphatic heterocycles. The van der Waals surface area contributed by atoms with Crippen LogP contribution in [0.15, 0.2) is 18.2 Å². The molecule has 2 rings (SSSR count). The van der Waals surface area contributed by atoms with E-state index in [9.17, 15) is 10.1 Å². The SMILES string of the molecule is CCOc1cccc(NC2CCOC2C)c1[N+](=O)[O-]. The number of nitro groups is 1. The van der Waals surface area contributed by atoms with Crippen LogP contribution >= 0.6 is 0 Å². The van der Waals surface area contributed by atoms with Crippen LogP contribution in [-0.2, 0) is 4.74 Å². The Morgan fingerprint density at radius 3 is 2.95 bits per heavy atom. The fraction of sp³-hybridized carbons (Fsp3) is 0.538. The summed E-state index contributed by atoms with van der Waals surface area (Å²) < 4.78 is 10.8. The Morgan fingerprint density at radius 1 is 1.58 bits per heavy atom. The predicted octanol–water partition coefficient (Wildman–Crippen LogP) is 2.58. The molecule has 6 nitrogen and oxygen atoms in total. The third-order valence-corrected chi connectivity index (χ3v) is 3.20. The largest absolute Gasteiger partial charge is 0.487 e. The molecule has 104 valence electrons. The summed E-state index contributed by atoms with van der Waals surface area (Å²) in [4.78, 5) is 10.8. The van der Waals surface area contributed by atoms with Crippen molar-refractivity contribution in [1.82, 2.24) is 0 Å². The van der Waals surface area contributed by atoms with E-state index in [1.807, 2.05) is 6.92 Å². The molecule has 1 N–H and O–H groups in total. The molecule has 1 heterocycles. The highest BCUT2D eigenvalue weighted by atomic mass is 16.6. The van der Waals surface area contributed by atoms with Crippen LogP contribution in [0.5, 0.6) is 5.75 Å². The zero-order chi connectivity index (χ0) is 13.8. The van der Waals surface area contributed by atoms with Crippen LogP contribution in [0.2, 0.25) is 0 Å². The first-order valence-electron chi connectivity index (χ1n) is 6.41. The van der Waals surface area contributed by atoms with Gasteiger partial charge in [-0.25, -0.2) is 0 Å². The summed E-state index contributed by atoms with van der Waals surface area (Å²) in [6.07, 6.45) is 0.896. The number of nitro benzene ring substituents is 1. The van der Waals surface area contributed by atoms with Crippen LogP contribution in [0, 0.1) is 10.1 Å². The molecule has 2 unspecified atom stereocenters. The van der Waals surface area contributed by atoms with Crippen LogP contribution in [0.1, 0.15) is 20.3 Å². The molecular weight excluding hydrogens is 248 g/mol. The summed E-state index contributed by atoms with van der Waals surface area (Å²) in [6, 6.07) is 5.16. The van der Waals surface area contributed by atoms with Crippen molar-refractivity contribution < 1.29 is 14.4 Å². The van der Waals surface area contributed by atoms with Crippen molar-refractivity contribution in [2.75, 3.05) is 18.5 Å². The van der Waals surface area contributed by atoms with Gasteiger partial charge in [-0.2, -0.15) is 0 Å². The van der Waals surface area contributed by atoms with Gasteiger partial charge in [-0.1, -0.05) is 6.07 Å². The third-order valence-electron chi connectivity index (χ3n) is 3.20. The van der Waals surface area contributed by atoms with Gasteiger partial charge in [0, 0.05) is 6.61 Å². The molecule has 1 saturated heterocycles. The van der Waals surface area contributed by atoms with Gasteiger partial charge in [-0.15, -0.1) is 0 Å². The van der Waals surface area contributed by atoms with E-state index in [1.165, 1.54) is 0 Å². The van der Waals surface area contributed by atoms with E-state index in [2.05, 4.69) is 5.32 Å². The highest BCUT2D eigenvalue weighted by Crippen LogP contribution is 2.36. The molecule has 0 spiro atoms. The molecule has 0 amide bonds. The molecule has 0 aliphatic carbocycles. The Balaban J connectivity index is 2.28. The number of anilines is 1. The van der Waals surface area contributed by atoms with Gasteiger partial charge in [0.2, 0.25) is 0 Å². The summed E-state index contributed by atoms with van der Waals surface area (Å²) in [5.74, 6) is 0.295. The number of para-hydroxylation sites is 1. The van der Waals surface area contributed by atoms with Gasteiger partial charge in [0.05, 0.1) is 23.7 Å². The van der Waals surface area contributed by atoms with Gasteiger partial charge in [-0.05, 0) is 32.4 Å². The number of ether oxygens (including phenoxy) is 2. The predicted molar refractivity (Wildman–Crippen MR) is 71.7 cm³/mol. The van der Waals surface area contributed by atoms with E-state index in [0.717, 1.165) is 6.42 Å². The Bertz CT molecular complexity index is 464. The number of nitrogens with one attached hydrogen (secondary N) is 1. The van der Waals surface area contributed by atoms with E-state index in [-0.39, 0.29) is 17.8 Å². The zero-order valence-corrected chi connectivity index (χ0v) is 11.1. The second kappa shape index (κ2) is 5.88. The van der Waals surface area contributed by atoms with E-state index >= 15 is 0 Å². The van der Waals surface area contributed by atoms with E-state index in [0.29, 0.717) is 24.7 Å². The smallest absolute Gasteiger partial charge is 0.333 e. The summed E-state index contributed by atoms with van der Waals surface area (Å²) in [5.41, 5.74) is 0.474. The van der Waals surface area contributed by atoms with E-state index in [4.69, 9.17) is 9.47 Å². The molecular formula is C13H18N2O4. The molecule has 0 saturated carbocycles. The van der Waals surface area contributed by atoms with E-state index in [1.54, 1.807) is 25.1 Å². The molecule has 0 bridgehead atoms. The van der Waals surface area contributed by atoms with Gasteiger partial charge in [-0.3, -0.25) is 10.1 Å². The molecule has 0 radical (unpaired) electrons. The summed E-state index contributed by atoms with van der Waals surface area (Å²) in [7, 11) is 0.